The van der Waals surface area contributed by atoms with E-state index in [-0.39, 0.29) is 35.0 Å². The number of hydrogen-bond acceptors (Lipinski definition) is 6. The number of fused-ring (bicyclic) bond motifs is 1. The fraction of sp³-hybridized carbons (Fsp3) is 0.176. The van der Waals surface area contributed by atoms with Crippen molar-refractivity contribution in [3.05, 3.63) is 63.2 Å². The Kier molecular flexibility index (Phi) is 5.86. The third kappa shape index (κ3) is 4.02. The number of nitro groups is 1. The van der Waals surface area contributed by atoms with E-state index < -0.39 is 4.92 Å². The van der Waals surface area contributed by atoms with Crippen LogP contribution in [0.1, 0.15) is 21.5 Å². The highest BCUT2D eigenvalue weighted by molar-refractivity contribution is 7.22. The van der Waals surface area contributed by atoms with Gasteiger partial charge in [-0.2, -0.15) is 0 Å². The van der Waals surface area contributed by atoms with Crippen LogP contribution in [0.4, 0.5) is 10.8 Å². The quantitative estimate of drug-likeness (QED) is 0.379. The first-order chi connectivity index (χ1) is 11.5. The first-order valence-corrected chi connectivity index (χ1v) is 8.15. The van der Waals surface area contributed by atoms with Crippen molar-refractivity contribution in [1.29, 1.82) is 0 Å². The third-order valence-corrected chi connectivity index (χ3v) is 4.86. The van der Waals surface area contributed by atoms with Crippen molar-refractivity contribution in [3.63, 3.8) is 0 Å². The van der Waals surface area contributed by atoms with E-state index in [1.807, 2.05) is 19.9 Å². The van der Waals surface area contributed by atoms with Gasteiger partial charge in [0.2, 0.25) is 0 Å². The SMILES string of the molecule is Cc1ccc2sc(NCC(=O)c3ccc([N+](=O)[O-])cc3)nc2c1C.[Br-]. The van der Waals surface area contributed by atoms with Crippen molar-refractivity contribution >= 4 is 38.2 Å². The van der Waals surface area contributed by atoms with E-state index in [0.29, 0.717) is 10.7 Å². The molecule has 2 aromatic carbocycles. The van der Waals surface area contributed by atoms with Crippen LogP contribution < -0.4 is 22.3 Å². The van der Waals surface area contributed by atoms with Gasteiger partial charge in [0, 0.05) is 17.7 Å². The van der Waals surface area contributed by atoms with Crippen LogP contribution >= 0.6 is 11.3 Å². The van der Waals surface area contributed by atoms with E-state index >= 15 is 0 Å². The molecule has 0 unspecified atom stereocenters. The number of nitrogens with zero attached hydrogens (tertiary/aromatic N) is 2. The molecule has 0 atom stereocenters. The Bertz CT molecular complexity index is 938. The smallest absolute Gasteiger partial charge is 0.269 e. The Morgan fingerprint density at radius 3 is 2.52 bits per heavy atom. The van der Waals surface area contributed by atoms with Gasteiger partial charge in [-0.25, -0.2) is 4.98 Å². The maximum Gasteiger partial charge on any atom is 0.269 e. The zero-order valence-electron chi connectivity index (χ0n) is 13.6. The largest absolute Gasteiger partial charge is 1.00 e. The minimum atomic E-state index is -0.488. The minimum absolute atomic E-state index is 0. The van der Waals surface area contributed by atoms with Crippen LogP contribution in [-0.2, 0) is 0 Å². The van der Waals surface area contributed by atoms with Gasteiger partial charge in [0.15, 0.2) is 10.9 Å². The van der Waals surface area contributed by atoms with Crippen LogP contribution in [0.25, 0.3) is 10.2 Å². The highest BCUT2D eigenvalue weighted by atomic mass is 79.9. The van der Waals surface area contributed by atoms with E-state index in [1.165, 1.54) is 41.2 Å². The van der Waals surface area contributed by atoms with Gasteiger partial charge >= 0.3 is 0 Å². The summed E-state index contributed by atoms with van der Waals surface area (Å²) >= 11 is 1.50. The Morgan fingerprint density at radius 2 is 1.88 bits per heavy atom. The molecule has 0 saturated carbocycles. The third-order valence-electron chi connectivity index (χ3n) is 3.89. The van der Waals surface area contributed by atoms with Crippen LogP contribution in [0.2, 0.25) is 0 Å². The molecular weight excluding hydrogens is 406 g/mol. The summed E-state index contributed by atoms with van der Waals surface area (Å²) in [5.41, 5.74) is 3.67. The van der Waals surface area contributed by atoms with Crippen LogP contribution in [-0.4, -0.2) is 22.2 Å². The van der Waals surface area contributed by atoms with Crippen molar-refractivity contribution < 1.29 is 26.7 Å². The van der Waals surface area contributed by atoms with E-state index in [9.17, 15) is 14.9 Å². The molecule has 0 aliphatic heterocycles. The maximum atomic E-state index is 12.2. The first kappa shape index (κ1) is 19.0. The van der Waals surface area contributed by atoms with Crippen LogP contribution in [0.3, 0.4) is 0 Å². The number of thiazole rings is 1. The molecule has 3 rings (SSSR count). The van der Waals surface area contributed by atoms with Crippen molar-refractivity contribution in [2.75, 3.05) is 11.9 Å². The average Bonchev–Trinajstić information content (AvgIpc) is 3.00. The minimum Gasteiger partial charge on any atom is -1.00 e. The number of hydrogen-bond donors (Lipinski definition) is 1. The molecule has 0 aliphatic carbocycles. The standard InChI is InChI=1S/C17H15N3O3S.BrH/c1-10-3-8-15-16(11(10)2)19-17(24-15)18-9-14(21)12-4-6-13(7-5-12)20(22)23;/h3-8H,9H2,1-2H3,(H,18,19);1H/p-1. The summed E-state index contributed by atoms with van der Waals surface area (Å²) in [6, 6.07) is 9.68. The van der Waals surface area contributed by atoms with Gasteiger partial charge in [-0.15, -0.1) is 0 Å². The Balaban J connectivity index is 0.00000225. The molecule has 1 N–H and O–H groups in total. The molecule has 0 aliphatic rings. The summed E-state index contributed by atoms with van der Waals surface area (Å²) in [7, 11) is 0. The number of nitro benzene ring substituents is 1. The summed E-state index contributed by atoms with van der Waals surface area (Å²) in [6.07, 6.45) is 0. The Morgan fingerprint density at radius 1 is 1.20 bits per heavy atom. The molecule has 0 bridgehead atoms. The molecular formula is C17H15BrN3O3S-. The molecule has 3 aromatic rings. The molecule has 0 amide bonds. The highest BCUT2D eigenvalue weighted by Gasteiger charge is 2.12. The normalized spacial score (nSPS) is 10.3. The molecule has 1 aromatic heterocycles. The van der Waals surface area contributed by atoms with Gasteiger partial charge in [-0.05, 0) is 43.2 Å². The number of aryl methyl sites for hydroxylation is 2. The lowest BCUT2D eigenvalue weighted by Crippen LogP contribution is -3.00. The summed E-state index contributed by atoms with van der Waals surface area (Å²) in [5.74, 6) is -0.142. The fourth-order valence-electron chi connectivity index (χ4n) is 2.33. The number of carbonyl (C=O) groups excluding carboxylic acids is 1. The van der Waals surface area contributed by atoms with Gasteiger partial charge in [0.1, 0.15) is 0 Å². The van der Waals surface area contributed by atoms with Crippen LogP contribution in [0.15, 0.2) is 36.4 Å². The number of non-ortho nitro benzene ring substituents is 1. The fourth-order valence-corrected chi connectivity index (χ4v) is 3.25. The number of Topliss-reactive ketones (excluding diaryl/α,β-unsaturated/α-hetero) is 1. The topological polar surface area (TPSA) is 85.1 Å². The van der Waals surface area contributed by atoms with Crippen LogP contribution in [0, 0.1) is 24.0 Å². The molecule has 0 radical (unpaired) electrons. The molecule has 8 heteroatoms. The average molecular weight is 421 g/mol. The van der Waals surface area contributed by atoms with E-state index in [4.69, 9.17) is 0 Å². The van der Waals surface area contributed by atoms with E-state index in [2.05, 4.69) is 16.4 Å². The van der Waals surface area contributed by atoms with Crippen molar-refractivity contribution in [2.24, 2.45) is 0 Å². The number of aromatic nitrogens is 1. The zero-order valence-corrected chi connectivity index (χ0v) is 16.0. The molecule has 130 valence electrons. The zero-order chi connectivity index (χ0) is 17.3. The van der Waals surface area contributed by atoms with E-state index in [0.717, 1.165) is 15.8 Å². The predicted octanol–water partition coefficient (Wildman–Crippen LogP) is 1.12. The van der Waals surface area contributed by atoms with Crippen LogP contribution in [0.5, 0.6) is 0 Å². The molecule has 6 nitrogen and oxygen atoms in total. The monoisotopic (exact) mass is 420 g/mol. The van der Waals surface area contributed by atoms with E-state index in [1.54, 1.807) is 0 Å². The second-order valence-electron chi connectivity index (χ2n) is 5.45. The first-order valence-electron chi connectivity index (χ1n) is 7.34. The van der Waals surface area contributed by atoms with Crippen molar-refractivity contribution in [1.82, 2.24) is 4.98 Å². The number of ketones is 1. The lowest BCUT2D eigenvalue weighted by atomic mass is 10.1. The molecule has 1 heterocycles. The number of anilines is 1. The van der Waals surface area contributed by atoms with Gasteiger partial charge in [-0.3, -0.25) is 14.9 Å². The maximum absolute atomic E-state index is 12.2. The predicted molar refractivity (Wildman–Crippen MR) is 95.0 cm³/mol. The van der Waals surface area contributed by atoms with Gasteiger partial charge in [0.25, 0.3) is 5.69 Å². The second kappa shape index (κ2) is 7.71. The number of carbonyl (C=O) groups is 1. The summed E-state index contributed by atoms with van der Waals surface area (Å²) in [4.78, 5) is 26.9. The molecule has 0 spiro atoms. The van der Waals surface area contributed by atoms with Gasteiger partial charge in [0.05, 0.1) is 21.7 Å². The van der Waals surface area contributed by atoms with Crippen molar-refractivity contribution in [2.45, 2.75) is 13.8 Å². The van der Waals surface area contributed by atoms with Gasteiger partial charge < -0.3 is 22.3 Å². The lowest BCUT2D eigenvalue weighted by molar-refractivity contribution is -0.384. The number of benzene rings is 2. The molecule has 0 saturated heterocycles. The summed E-state index contributed by atoms with van der Waals surface area (Å²) in [6.45, 7) is 4.16. The number of halogens is 1. The number of rotatable bonds is 5. The molecule has 25 heavy (non-hydrogen) atoms. The number of nitrogens with one attached hydrogen (secondary N) is 1. The second-order valence-corrected chi connectivity index (χ2v) is 6.48. The Hall–Kier alpha value is -2.32. The summed E-state index contributed by atoms with van der Waals surface area (Å²) < 4.78 is 1.07. The van der Waals surface area contributed by atoms with Gasteiger partial charge in [-0.1, -0.05) is 17.4 Å². The Labute approximate surface area is 158 Å². The lowest BCUT2D eigenvalue weighted by Gasteiger charge is -2.02. The molecule has 0 fully saturated rings. The highest BCUT2D eigenvalue weighted by Crippen LogP contribution is 2.29. The van der Waals surface area contributed by atoms with Crippen molar-refractivity contribution in [3.8, 4) is 0 Å². The summed E-state index contributed by atoms with van der Waals surface area (Å²) in [5, 5.41) is 14.4.